The van der Waals surface area contributed by atoms with Crippen molar-refractivity contribution in [1.29, 1.82) is 0 Å². The minimum absolute atomic E-state index is 0.0903. The van der Waals surface area contributed by atoms with E-state index in [2.05, 4.69) is 52.6 Å². The van der Waals surface area contributed by atoms with Gasteiger partial charge in [0, 0.05) is 52.1 Å². The van der Waals surface area contributed by atoms with Crippen LogP contribution in [-0.4, -0.2) is 185 Å². The number of allylic oxidation sites excluding steroid dienone is 2. The summed E-state index contributed by atoms with van der Waals surface area (Å²) in [6.07, 6.45) is 22.8. The maximum absolute atomic E-state index is 13.3. The molecule has 12 N–H and O–H groups in total. The van der Waals surface area contributed by atoms with Crippen molar-refractivity contribution in [2.24, 2.45) is 5.73 Å². The standard InChI is InChI=1S/C66H119N6O22P/c1-7-9-11-13-15-17-19-21-22-24-26-28-30-32-34-36-57(79)92-51(45-88-56(78)35-33-31-29-27-25-23-20-18-16-14-12-10-8-2)46-90-95(86,87)89-42-41-68-54(76)38-39-55(77)70-48(4)65(84)94-58(80)40-37-52(63(67)82)72-64(83)59(49(5)74)69-43-47(3)91-62-60(71-50(6)75)66(85)93-53(44-73)61(62)81/h21-22,47-49,51-53,59-62,66,69,73-74,81,85H,7-20,23-46H2,1-6H3,(H2,67,82)(H,68,76)(H,70,77)(H,71,75)(H,72,83)(H,86,87)/t47?,48-,49+,51+,52+,53+,59-,60+,61+,62+,66-/m0/s1. The van der Waals surface area contributed by atoms with Gasteiger partial charge in [-0.25, -0.2) is 9.36 Å². The number of carbonyl (C=O) groups excluding carboxylic acids is 9. The van der Waals surface area contributed by atoms with Crippen LogP contribution in [0.4, 0.5) is 0 Å². The number of rotatable bonds is 58. The highest BCUT2D eigenvalue weighted by Crippen LogP contribution is 2.43. The largest absolute Gasteiger partial charge is 0.472 e. The summed E-state index contributed by atoms with van der Waals surface area (Å²) in [6.45, 7) is 6.82. The summed E-state index contributed by atoms with van der Waals surface area (Å²) >= 11 is 0. The molecule has 95 heavy (non-hydrogen) atoms. The maximum atomic E-state index is 13.3. The van der Waals surface area contributed by atoms with Crippen molar-refractivity contribution in [3.05, 3.63) is 12.2 Å². The summed E-state index contributed by atoms with van der Waals surface area (Å²) in [5, 5.41) is 53.4. The molecule has 2 unspecified atom stereocenters. The number of esters is 4. The first-order chi connectivity index (χ1) is 45.3. The van der Waals surface area contributed by atoms with Gasteiger partial charge in [-0.1, -0.05) is 154 Å². The summed E-state index contributed by atoms with van der Waals surface area (Å²) < 4.78 is 49.8. The number of nitrogens with two attached hydrogens (primary N) is 1. The Morgan fingerprint density at radius 3 is 1.71 bits per heavy atom. The third kappa shape index (κ3) is 44.5. The number of primary amides is 1. The van der Waals surface area contributed by atoms with Crippen LogP contribution in [0, 0.1) is 0 Å². The lowest BCUT2D eigenvalue weighted by atomic mass is 9.96. The predicted octanol–water partition coefficient (Wildman–Crippen LogP) is 6.00. The Hall–Kier alpha value is -5.00. The van der Waals surface area contributed by atoms with Gasteiger partial charge in [-0.3, -0.25) is 47.4 Å². The molecule has 29 heteroatoms. The maximum Gasteiger partial charge on any atom is 0.472 e. The van der Waals surface area contributed by atoms with Crippen molar-refractivity contribution in [3.63, 3.8) is 0 Å². The zero-order valence-electron chi connectivity index (χ0n) is 57.6. The van der Waals surface area contributed by atoms with E-state index >= 15 is 0 Å². The molecule has 1 fully saturated rings. The van der Waals surface area contributed by atoms with E-state index in [-0.39, 0.29) is 25.9 Å². The van der Waals surface area contributed by atoms with E-state index in [0.717, 1.165) is 71.1 Å². The molecular weight excluding hydrogens is 1260 g/mol. The molecule has 12 atom stereocenters. The lowest BCUT2D eigenvalue weighted by Crippen LogP contribution is -2.65. The summed E-state index contributed by atoms with van der Waals surface area (Å²) in [5.74, 6) is -7.52. The number of ether oxygens (including phenoxy) is 5. The van der Waals surface area contributed by atoms with Gasteiger partial charge in [-0.05, 0) is 65.7 Å². The number of phosphoric ester groups is 1. The number of nitrogens with one attached hydrogen (secondary N) is 5. The fourth-order valence-corrected chi connectivity index (χ4v) is 11.0. The molecular formula is C66H119N6O22P. The van der Waals surface area contributed by atoms with E-state index in [1.807, 2.05) is 0 Å². The van der Waals surface area contributed by atoms with E-state index in [0.29, 0.717) is 12.8 Å². The van der Waals surface area contributed by atoms with Crippen LogP contribution in [-0.2, 0) is 80.4 Å². The fraction of sp³-hybridized carbons (Fsp3) is 0.833. The van der Waals surface area contributed by atoms with E-state index in [4.69, 9.17) is 38.5 Å². The third-order valence-electron chi connectivity index (χ3n) is 15.8. The fourth-order valence-electron chi connectivity index (χ4n) is 10.3. The Balaban J connectivity index is 2.60. The molecule has 0 aromatic heterocycles. The Morgan fingerprint density at radius 2 is 1.18 bits per heavy atom. The molecule has 1 aliphatic rings. The smallest absolute Gasteiger partial charge is 0.462 e. The second-order valence-electron chi connectivity index (χ2n) is 24.7. The number of aliphatic hydroxyl groups excluding tert-OH is 4. The monoisotopic (exact) mass is 1380 g/mol. The van der Waals surface area contributed by atoms with Crippen molar-refractivity contribution in [3.8, 4) is 0 Å². The molecule has 0 spiro atoms. The Labute approximate surface area is 563 Å². The van der Waals surface area contributed by atoms with Crippen LogP contribution in [0.25, 0.3) is 0 Å². The van der Waals surface area contributed by atoms with Crippen LogP contribution in [0.5, 0.6) is 0 Å². The first kappa shape index (κ1) is 88.0. The van der Waals surface area contributed by atoms with Crippen molar-refractivity contribution in [2.45, 2.75) is 314 Å². The molecule has 28 nitrogen and oxygen atoms in total. The van der Waals surface area contributed by atoms with E-state index in [1.165, 1.54) is 111 Å². The highest BCUT2D eigenvalue weighted by molar-refractivity contribution is 7.47. The molecule has 0 aliphatic carbocycles. The highest BCUT2D eigenvalue weighted by Gasteiger charge is 2.46. The first-order valence-electron chi connectivity index (χ1n) is 34.8. The average molecular weight is 1380 g/mol. The Bertz CT molecular complexity index is 2270. The van der Waals surface area contributed by atoms with Gasteiger partial charge in [0.05, 0.1) is 32.0 Å². The predicted molar refractivity (Wildman–Crippen MR) is 353 cm³/mol. The zero-order chi connectivity index (χ0) is 70.8. The number of unbranched alkanes of at least 4 members (excludes halogenated alkanes) is 23. The molecule has 0 radical (unpaired) electrons. The van der Waals surface area contributed by atoms with Gasteiger partial charge in [0.25, 0.3) is 0 Å². The molecule has 0 saturated carbocycles. The summed E-state index contributed by atoms with van der Waals surface area (Å²) in [4.78, 5) is 124. The Kier molecular flexibility index (Phi) is 50.0. The summed E-state index contributed by atoms with van der Waals surface area (Å²) in [6, 6.07) is -5.56. The lowest BCUT2D eigenvalue weighted by molar-refractivity contribution is -0.267. The summed E-state index contributed by atoms with van der Waals surface area (Å²) in [5.41, 5.74) is 5.48. The van der Waals surface area contributed by atoms with Crippen molar-refractivity contribution in [2.75, 3.05) is 39.5 Å². The topological polar surface area (TPSA) is 423 Å². The average Bonchev–Trinajstić information content (AvgIpc) is 0.814. The highest BCUT2D eigenvalue weighted by atomic mass is 31.2. The van der Waals surface area contributed by atoms with Gasteiger partial charge in [0.1, 0.15) is 49.1 Å². The molecule has 1 aliphatic heterocycles. The normalized spacial score (nSPS) is 18.9. The van der Waals surface area contributed by atoms with Crippen LogP contribution in [0.15, 0.2) is 12.2 Å². The molecule has 0 aromatic carbocycles. The van der Waals surface area contributed by atoms with Gasteiger partial charge >= 0.3 is 31.7 Å². The summed E-state index contributed by atoms with van der Waals surface area (Å²) in [7, 11) is -4.80. The molecule has 5 amide bonds. The molecule has 1 heterocycles. The molecule has 1 rings (SSSR count). The number of hydrogen-bond donors (Lipinski definition) is 11. The van der Waals surface area contributed by atoms with E-state index in [1.54, 1.807) is 0 Å². The number of aliphatic hydroxyl groups is 4. The van der Waals surface area contributed by atoms with E-state index in [9.17, 15) is 73.0 Å². The SMILES string of the molecule is CCCCCCCCC=CCCCCCCCC(=O)O[C@H](COC(=O)CCCCCCCCCCCCCCC)COP(=O)(O)OCCNC(=O)CCC(=O)N[C@@H](C)C(=O)OC(=O)CC[C@@H](NC(=O)[C@@H](NCC(C)O[C@H]1[C@H](O)[C@@H](CO)O[C@H](O)[C@@H]1NC(C)=O)[C@@H](C)O)C(N)=O. The first-order valence-corrected chi connectivity index (χ1v) is 36.3. The second-order valence-corrected chi connectivity index (χ2v) is 26.1. The van der Waals surface area contributed by atoms with Crippen molar-refractivity contribution >= 4 is 61.2 Å². The number of carbonyl (C=O) groups is 9. The molecule has 0 aromatic rings. The quantitative estimate of drug-likeness (QED) is 0.00830. The van der Waals surface area contributed by atoms with Crippen LogP contribution < -0.4 is 32.3 Å². The van der Waals surface area contributed by atoms with E-state index < -0.39 is 180 Å². The second kappa shape index (κ2) is 54.0. The number of hydrogen-bond acceptors (Lipinski definition) is 22. The van der Waals surface area contributed by atoms with Gasteiger partial charge in [0.2, 0.25) is 29.5 Å². The minimum Gasteiger partial charge on any atom is -0.462 e. The molecule has 550 valence electrons. The Morgan fingerprint density at radius 1 is 0.653 bits per heavy atom. The van der Waals surface area contributed by atoms with Crippen molar-refractivity contribution < 1.29 is 106 Å². The van der Waals surface area contributed by atoms with Gasteiger partial charge in [-0.15, -0.1) is 0 Å². The van der Waals surface area contributed by atoms with Crippen LogP contribution >= 0.6 is 7.82 Å². The molecule has 1 saturated heterocycles. The van der Waals surface area contributed by atoms with Crippen LogP contribution in [0.3, 0.4) is 0 Å². The number of amides is 5. The lowest BCUT2D eigenvalue weighted by Gasteiger charge is -2.43. The van der Waals surface area contributed by atoms with Crippen molar-refractivity contribution in [1.82, 2.24) is 26.6 Å². The third-order valence-corrected chi connectivity index (χ3v) is 16.8. The zero-order valence-corrected chi connectivity index (χ0v) is 58.5. The van der Waals surface area contributed by atoms with Crippen LogP contribution in [0.1, 0.15) is 247 Å². The minimum atomic E-state index is -4.80. The van der Waals surface area contributed by atoms with Gasteiger partial charge < -0.3 is 81.3 Å². The molecule has 0 bridgehead atoms. The number of phosphoric acid groups is 1. The van der Waals surface area contributed by atoms with Gasteiger partial charge in [-0.2, -0.15) is 0 Å². The van der Waals surface area contributed by atoms with Crippen LogP contribution in [0.2, 0.25) is 0 Å². The van der Waals surface area contributed by atoms with Gasteiger partial charge in [0.15, 0.2) is 12.4 Å².